The molecule has 0 aromatic carbocycles. The van der Waals surface area contributed by atoms with Crippen LogP contribution in [0, 0.1) is 5.92 Å². The summed E-state index contributed by atoms with van der Waals surface area (Å²) < 4.78 is 0. The van der Waals surface area contributed by atoms with E-state index in [1.165, 1.54) is 25.7 Å². The maximum atomic E-state index is 4.56. The minimum Gasteiger partial charge on any atom is -0.310 e. The molecule has 0 amide bonds. The molecule has 2 N–H and O–H groups in total. The van der Waals surface area contributed by atoms with E-state index >= 15 is 0 Å². The molecule has 1 fully saturated rings. The highest BCUT2D eigenvalue weighted by Gasteiger charge is 2.20. The second kappa shape index (κ2) is 5.43. The first-order chi connectivity index (χ1) is 7.75. The Morgan fingerprint density at radius 3 is 2.81 bits per heavy atom. The summed E-state index contributed by atoms with van der Waals surface area (Å²) in [6, 6.07) is 0. The Morgan fingerprint density at radius 1 is 1.38 bits per heavy atom. The molecule has 1 aliphatic rings. The Labute approximate surface area is 97.2 Å². The van der Waals surface area contributed by atoms with E-state index in [0.717, 1.165) is 24.7 Å². The smallest absolute Gasteiger partial charge is 0.153 e. The number of nitrogens with zero attached hydrogens (tertiary/aromatic N) is 2. The fourth-order valence-corrected chi connectivity index (χ4v) is 2.23. The third-order valence-corrected chi connectivity index (χ3v) is 3.11. The van der Waals surface area contributed by atoms with Crippen molar-refractivity contribution in [2.45, 2.75) is 52.0 Å². The highest BCUT2D eigenvalue weighted by Crippen LogP contribution is 2.31. The van der Waals surface area contributed by atoms with Crippen LogP contribution in [0.3, 0.4) is 0 Å². The molecule has 1 aromatic rings. The number of H-pyrrole nitrogens is 1. The van der Waals surface area contributed by atoms with E-state index in [0.29, 0.717) is 11.8 Å². The molecule has 16 heavy (non-hydrogen) atoms. The van der Waals surface area contributed by atoms with Gasteiger partial charge < -0.3 is 5.32 Å². The Morgan fingerprint density at radius 2 is 2.12 bits per heavy atom. The number of nitrogens with one attached hydrogen (secondary N) is 2. The number of aromatic nitrogens is 3. The number of aromatic amines is 1. The van der Waals surface area contributed by atoms with Gasteiger partial charge in [-0.15, -0.1) is 0 Å². The van der Waals surface area contributed by atoms with Gasteiger partial charge in [-0.1, -0.05) is 26.7 Å². The molecule has 4 heteroatoms. The summed E-state index contributed by atoms with van der Waals surface area (Å²) in [7, 11) is 0. The SMILES string of the molecule is CC(C)CNCc1nc(C2CCCC2)n[nH]1. The maximum absolute atomic E-state index is 4.56. The van der Waals surface area contributed by atoms with Crippen LogP contribution in [0.15, 0.2) is 0 Å². The summed E-state index contributed by atoms with van der Waals surface area (Å²) in [6.45, 7) is 6.24. The standard InChI is InChI=1S/C12H22N4/c1-9(2)7-13-8-11-14-12(16-15-11)10-5-3-4-6-10/h9-10,13H,3-8H2,1-2H3,(H,14,15,16). The van der Waals surface area contributed by atoms with E-state index in [4.69, 9.17) is 0 Å². The van der Waals surface area contributed by atoms with Crippen molar-refractivity contribution in [3.63, 3.8) is 0 Å². The summed E-state index contributed by atoms with van der Waals surface area (Å²) in [4.78, 5) is 4.56. The van der Waals surface area contributed by atoms with Crippen LogP contribution in [0.5, 0.6) is 0 Å². The van der Waals surface area contributed by atoms with Crippen LogP contribution < -0.4 is 5.32 Å². The maximum Gasteiger partial charge on any atom is 0.153 e. The molecule has 1 aliphatic carbocycles. The Bertz CT molecular complexity index is 313. The average Bonchev–Trinajstić information content (AvgIpc) is 2.85. The van der Waals surface area contributed by atoms with Crippen LogP contribution in [0.25, 0.3) is 0 Å². The molecule has 0 atom stereocenters. The number of hydrogen-bond acceptors (Lipinski definition) is 3. The van der Waals surface area contributed by atoms with Gasteiger partial charge in [-0.3, -0.25) is 5.10 Å². The second-order valence-corrected chi connectivity index (χ2v) is 5.15. The van der Waals surface area contributed by atoms with Crippen LogP contribution in [0.1, 0.15) is 57.1 Å². The van der Waals surface area contributed by atoms with E-state index < -0.39 is 0 Å². The van der Waals surface area contributed by atoms with Gasteiger partial charge in [0.25, 0.3) is 0 Å². The minimum absolute atomic E-state index is 0.607. The zero-order valence-corrected chi connectivity index (χ0v) is 10.3. The molecule has 0 spiro atoms. The zero-order chi connectivity index (χ0) is 11.4. The molecule has 1 heterocycles. The molecule has 90 valence electrons. The Kier molecular flexibility index (Phi) is 3.93. The van der Waals surface area contributed by atoms with E-state index in [1.807, 2.05) is 0 Å². The molecule has 0 unspecified atom stereocenters. The first-order valence-electron chi connectivity index (χ1n) is 6.37. The normalized spacial score (nSPS) is 17.4. The molecule has 4 nitrogen and oxygen atoms in total. The van der Waals surface area contributed by atoms with Crippen molar-refractivity contribution < 1.29 is 0 Å². The van der Waals surface area contributed by atoms with Crippen LogP contribution in [0.2, 0.25) is 0 Å². The van der Waals surface area contributed by atoms with Gasteiger partial charge in [-0.25, -0.2) is 4.98 Å². The van der Waals surface area contributed by atoms with Gasteiger partial charge in [0.1, 0.15) is 5.82 Å². The lowest BCUT2D eigenvalue weighted by molar-refractivity contribution is 0.543. The quantitative estimate of drug-likeness (QED) is 0.803. The highest BCUT2D eigenvalue weighted by molar-refractivity contribution is 4.99. The monoisotopic (exact) mass is 222 g/mol. The van der Waals surface area contributed by atoms with Gasteiger partial charge in [-0.2, -0.15) is 5.10 Å². The third-order valence-electron chi connectivity index (χ3n) is 3.11. The summed E-state index contributed by atoms with van der Waals surface area (Å²) >= 11 is 0. The van der Waals surface area contributed by atoms with E-state index in [2.05, 4.69) is 34.3 Å². The summed E-state index contributed by atoms with van der Waals surface area (Å²) in [6.07, 6.45) is 5.19. The van der Waals surface area contributed by atoms with Gasteiger partial charge in [0.15, 0.2) is 5.82 Å². The number of rotatable bonds is 5. The van der Waals surface area contributed by atoms with Gasteiger partial charge in [0.05, 0.1) is 6.54 Å². The van der Waals surface area contributed by atoms with E-state index in [9.17, 15) is 0 Å². The fraction of sp³-hybridized carbons (Fsp3) is 0.833. The van der Waals surface area contributed by atoms with Gasteiger partial charge in [-0.05, 0) is 25.3 Å². The summed E-state index contributed by atoms with van der Waals surface area (Å²) in [5.41, 5.74) is 0. The zero-order valence-electron chi connectivity index (χ0n) is 10.3. The number of hydrogen-bond donors (Lipinski definition) is 2. The lowest BCUT2D eigenvalue weighted by atomic mass is 10.1. The Hall–Kier alpha value is -0.900. The molecule has 0 bridgehead atoms. The summed E-state index contributed by atoms with van der Waals surface area (Å²) in [5, 5.41) is 10.7. The second-order valence-electron chi connectivity index (χ2n) is 5.15. The van der Waals surface area contributed by atoms with Gasteiger partial charge >= 0.3 is 0 Å². The van der Waals surface area contributed by atoms with E-state index in [-0.39, 0.29) is 0 Å². The largest absolute Gasteiger partial charge is 0.310 e. The van der Waals surface area contributed by atoms with Crippen molar-refractivity contribution in [3.05, 3.63) is 11.6 Å². The predicted octanol–water partition coefficient (Wildman–Crippen LogP) is 2.21. The minimum atomic E-state index is 0.607. The van der Waals surface area contributed by atoms with Crippen LogP contribution in [0.4, 0.5) is 0 Å². The van der Waals surface area contributed by atoms with Crippen molar-refractivity contribution in [1.82, 2.24) is 20.5 Å². The lowest BCUT2D eigenvalue weighted by Gasteiger charge is -2.04. The molecule has 0 radical (unpaired) electrons. The van der Waals surface area contributed by atoms with Crippen molar-refractivity contribution in [2.75, 3.05) is 6.54 Å². The predicted molar refractivity (Wildman–Crippen MR) is 64.1 cm³/mol. The van der Waals surface area contributed by atoms with Crippen molar-refractivity contribution in [1.29, 1.82) is 0 Å². The van der Waals surface area contributed by atoms with Gasteiger partial charge in [0.2, 0.25) is 0 Å². The van der Waals surface area contributed by atoms with Gasteiger partial charge in [0, 0.05) is 5.92 Å². The molecule has 0 saturated heterocycles. The van der Waals surface area contributed by atoms with Crippen molar-refractivity contribution in [3.8, 4) is 0 Å². The molecule has 2 rings (SSSR count). The van der Waals surface area contributed by atoms with Crippen molar-refractivity contribution in [2.24, 2.45) is 5.92 Å². The van der Waals surface area contributed by atoms with Crippen LogP contribution in [-0.4, -0.2) is 21.7 Å². The molecular weight excluding hydrogens is 200 g/mol. The molecule has 1 saturated carbocycles. The Balaban J connectivity index is 1.82. The average molecular weight is 222 g/mol. The molecule has 1 aromatic heterocycles. The lowest BCUT2D eigenvalue weighted by Crippen LogP contribution is -2.19. The van der Waals surface area contributed by atoms with Crippen molar-refractivity contribution >= 4 is 0 Å². The summed E-state index contributed by atoms with van der Waals surface area (Å²) in [5.74, 6) is 3.29. The first-order valence-corrected chi connectivity index (χ1v) is 6.37. The van der Waals surface area contributed by atoms with Crippen LogP contribution in [-0.2, 0) is 6.54 Å². The highest BCUT2D eigenvalue weighted by atomic mass is 15.2. The molecular formula is C12H22N4. The van der Waals surface area contributed by atoms with Crippen LogP contribution >= 0.6 is 0 Å². The fourth-order valence-electron chi connectivity index (χ4n) is 2.23. The molecule has 0 aliphatic heterocycles. The topological polar surface area (TPSA) is 53.6 Å². The third kappa shape index (κ3) is 3.04. The van der Waals surface area contributed by atoms with E-state index in [1.54, 1.807) is 0 Å². The first kappa shape index (κ1) is 11.6.